The lowest BCUT2D eigenvalue weighted by Gasteiger charge is -2.32. The lowest BCUT2D eigenvalue weighted by molar-refractivity contribution is -0.142. The summed E-state index contributed by atoms with van der Waals surface area (Å²) in [5, 5.41) is 18.8. The molecule has 0 atom stereocenters. The summed E-state index contributed by atoms with van der Waals surface area (Å²) in [5.41, 5.74) is 6.96. The highest BCUT2D eigenvalue weighted by Gasteiger charge is 2.33. The van der Waals surface area contributed by atoms with Crippen LogP contribution in [0.4, 0.5) is 20.3 Å². The summed E-state index contributed by atoms with van der Waals surface area (Å²) in [7, 11) is -4.27. The van der Waals surface area contributed by atoms with E-state index in [1.165, 1.54) is 12.1 Å². The second-order valence-electron chi connectivity index (χ2n) is 9.87. The Hall–Kier alpha value is -4.37. The van der Waals surface area contributed by atoms with Gasteiger partial charge in [-0.15, -0.1) is 0 Å². The minimum Gasteiger partial charge on any atom is -0.481 e. The molecule has 2 aromatic carbocycles. The van der Waals surface area contributed by atoms with Crippen molar-refractivity contribution in [1.29, 1.82) is 0 Å². The van der Waals surface area contributed by atoms with Crippen molar-refractivity contribution < 1.29 is 36.7 Å². The number of anilines is 2. The first-order valence-corrected chi connectivity index (χ1v) is 14.1. The SMILES string of the molecule is NC(=O)c1ccc(N2CCC(C(=O)O)CC2)cc1C(=O)Nc1n[nH]c2c1CN(S(=O)(=O)c1cc(F)cc(F)c1)CC2. The molecule has 1 fully saturated rings. The molecule has 0 saturated carbocycles. The fourth-order valence-electron chi connectivity index (χ4n) is 5.10. The minimum atomic E-state index is -4.27. The van der Waals surface area contributed by atoms with E-state index in [9.17, 15) is 36.7 Å². The van der Waals surface area contributed by atoms with E-state index < -0.39 is 50.3 Å². The van der Waals surface area contributed by atoms with E-state index in [1.807, 2.05) is 4.90 Å². The summed E-state index contributed by atoms with van der Waals surface area (Å²) in [6.45, 7) is 0.666. The molecule has 2 aliphatic heterocycles. The zero-order valence-corrected chi connectivity index (χ0v) is 22.4. The molecule has 216 valence electrons. The third kappa shape index (κ3) is 5.63. The molecule has 0 spiro atoms. The molecule has 5 N–H and O–H groups in total. The maximum Gasteiger partial charge on any atom is 0.306 e. The molecule has 12 nitrogen and oxygen atoms in total. The number of piperidine rings is 1. The van der Waals surface area contributed by atoms with Gasteiger partial charge in [-0.1, -0.05) is 0 Å². The molecule has 15 heteroatoms. The normalized spacial score (nSPS) is 16.3. The molecule has 1 aromatic heterocycles. The number of aliphatic carboxylic acids is 1. The summed E-state index contributed by atoms with van der Waals surface area (Å²) in [4.78, 5) is 38.2. The second kappa shape index (κ2) is 10.9. The van der Waals surface area contributed by atoms with Crippen molar-refractivity contribution >= 4 is 39.3 Å². The summed E-state index contributed by atoms with van der Waals surface area (Å²) < 4.78 is 54.7. The number of primary amides is 1. The molecule has 2 amide bonds. The average Bonchev–Trinajstić information content (AvgIpc) is 3.34. The van der Waals surface area contributed by atoms with Crippen LogP contribution in [-0.2, 0) is 27.8 Å². The molecular weight excluding hydrogens is 562 g/mol. The molecule has 2 aliphatic rings. The molecule has 0 aliphatic carbocycles. The number of hydrogen-bond donors (Lipinski definition) is 4. The van der Waals surface area contributed by atoms with Crippen LogP contribution >= 0.6 is 0 Å². The smallest absolute Gasteiger partial charge is 0.306 e. The number of amides is 2. The van der Waals surface area contributed by atoms with Crippen molar-refractivity contribution in [3.05, 3.63) is 70.4 Å². The quantitative estimate of drug-likeness (QED) is 0.324. The van der Waals surface area contributed by atoms with Crippen LogP contribution in [0.25, 0.3) is 0 Å². The number of nitrogens with two attached hydrogens (primary N) is 1. The van der Waals surface area contributed by atoms with E-state index in [4.69, 9.17) is 5.73 Å². The molecule has 0 radical (unpaired) electrons. The molecule has 0 bridgehead atoms. The fourth-order valence-corrected chi connectivity index (χ4v) is 6.55. The van der Waals surface area contributed by atoms with Crippen LogP contribution in [0.5, 0.6) is 0 Å². The van der Waals surface area contributed by atoms with Crippen LogP contribution < -0.4 is 16.0 Å². The van der Waals surface area contributed by atoms with Gasteiger partial charge in [0.1, 0.15) is 11.6 Å². The van der Waals surface area contributed by atoms with Gasteiger partial charge in [-0.3, -0.25) is 19.5 Å². The first-order valence-electron chi connectivity index (χ1n) is 12.7. The first kappa shape index (κ1) is 28.2. The summed E-state index contributed by atoms with van der Waals surface area (Å²) in [6, 6.07) is 6.58. The van der Waals surface area contributed by atoms with Gasteiger partial charge < -0.3 is 21.1 Å². The number of carboxylic acid groups (broad SMARTS) is 1. The number of aromatic nitrogens is 2. The number of carboxylic acids is 1. The standard InChI is InChI=1S/C26H26F2N6O6S/c27-15-9-16(28)11-18(10-15)41(39,40)34-8-5-22-21(13-34)24(32-31-22)30-25(36)20-12-17(1-2-19(20)23(29)35)33-6-3-14(4-7-33)26(37)38/h1-2,9-12,14H,3-8,13H2,(H2,29,35)(H,37,38)(H2,30,31,32,36). The Morgan fingerprint density at radius 2 is 1.71 bits per heavy atom. The number of nitrogens with zero attached hydrogens (tertiary/aromatic N) is 3. The molecule has 3 aromatic rings. The van der Waals surface area contributed by atoms with Gasteiger partial charge in [0.05, 0.1) is 21.9 Å². The van der Waals surface area contributed by atoms with Crippen LogP contribution in [0.15, 0.2) is 41.3 Å². The number of H-pyrrole nitrogens is 1. The van der Waals surface area contributed by atoms with Gasteiger partial charge in [0.2, 0.25) is 15.9 Å². The van der Waals surface area contributed by atoms with Gasteiger partial charge in [-0.25, -0.2) is 17.2 Å². The molecule has 41 heavy (non-hydrogen) atoms. The maximum absolute atomic E-state index is 13.7. The Labute approximate surface area is 233 Å². The third-order valence-electron chi connectivity index (χ3n) is 7.33. The van der Waals surface area contributed by atoms with Gasteiger partial charge in [-0.2, -0.15) is 9.40 Å². The number of carbonyl (C=O) groups is 3. The number of hydrogen-bond acceptors (Lipinski definition) is 7. The van der Waals surface area contributed by atoms with E-state index in [0.717, 1.165) is 16.4 Å². The minimum absolute atomic E-state index is 0.00941. The topological polar surface area (TPSA) is 179 Å². The number of fused-ring (bicyclic) bond motifs is 1. The highest BCUT2D eigenvalue weighted by Crippen LogP contribution is 2.30. The predicted octanol–water partition coefficient (Wildman–Crippen LogP) is 2.09. The average molecular weight is 589 g/mol. The van der Waals surface area contributed by atoms with E-state index in [1.54, 1.807) is 6.07 Å². The van der Waals surface area contributed by atoms with Gasteiger partial charge >= 0.3 is 5.97 Å². The summed E-state index contributed by atoms with van der Waals surface area (Å²) in [6.07, 6.45) is 1.05. The third-order valence-corrected chi connectivity index (χ3v) is 9.15. The molecule has 3 heterocycles. The van der Waals surface area contributed by atoms with Crippen molar-refractivity contribution in [2.75, 3.05) is 29.9 Å². The van der Waals surface area contributed by atoms with E-state index >= 15 is 0 Å². The summed E-state index contributed by atoms with van der Waals surface area (Å²) >= 11 is 0. The lowest BCUT2D eigenvalue weighted by atomic mass is 9.96. The molecule has 0 unspecified atom stereocenters. The largest absolute Gasteiger partial charge is 0.481 e. The predicted molar refractivity (Wildman–Crippen MR) is 142 cm³/mol. The van der Waals surface area contributed by atoms with Crippen LogP contribution in [0, 0.1) is 17.6 Å². The number of sulfonamides is 1. The summed E-state index contributed by atoms with van der Waals surface area (Å²) in [5.74, 6) is -4.90. The maximum atomic E-state index is 13.7. The Morgan fingerprint density at radius 1 is 1.02 bits per heavy atom. The van der Waals surface area contributed by atoms with Gasteiger partial charge in [0.25, 0.3) is 5.91 Å². The molecule has 5 rings (SSSR count). The Kier molecular flexibility index (Phi) is 7.48. The Balaban J connectivity index is 1.38. The zero-order valence-electron chi connectivity index (χ0n) is 21.6. The van der Waals surface area contributed by atoms with E-state index in [-0.39, 0.29) is 36.5 Å². The monoisotopic (exact) mass is 588 g/mol. The van der Waals surface area contributed by atoms with Gasteiger partial charge in [0.15, 0.2) is 5.82 Å². The molecular formula is C26H26F2N6O6S. The number of halogens is 2. The Morgan fingerprint density at radius 3 is 2.34 bits per heavy atom. The van der Waals surface area contributed by atoms with Crippen LogP contribution in [0.2, 0.25) is 0 Å². The van der Waals surface area contributed by atoms with Crippen molar-refractivity contribution in [3.63, 3.8) is 0 Å². The highest BCUT2D eigenvalue weighted by molar-refractivity contribution is 7.89. The van der Waals surface area contributed by atoms with Gasteiger partial charge in [-0.05, 0) is 43.2 Å². The second-order valence-corrected chi connectivity index (χ2v) is 11.8. The van der Waals surface area contributed by atoms with Gasteiger partial charge in [0, 0.05) is 55.6 Å². The van der Waals surface area contributed by atoms with Crippen molar-refractivity contribution in [2.24, 2.45) is 11.7 Å². The van der Waals surface area contributed by atoms with Crippen LogP contribution in [-0.4, -0.2) is 65.4 Å². The number of aromatic amines is 1. The van der Waals surface area contributed by atoms with E-state index in [2.05, 4.69) is 15.5 Å². The number of rotatable bonds is 7. The highest BCUT2D eigenvalue weighted by atomic mass is 32.2. The first-order chi connectivity index (χ1) is 19.4. The van der Waals surface area contributed by atoms with Crippen molar-refractivity contribution in [3.8, 4) is 0 Å². The lowest BCUT2D eigenvalue weighted by Crippen LogP contribution is -2.36. The zero-order chi connectivity index (χ0) is 29.5. The number of carbonyl (C=O) groups excluding carboxylic acids is 2. The van der Waals surface area contributed by atoms with Crippen molar-refractivity contribution in [1.82, 2.24) is 14.5 Å². The van der Waals surface area contributed by atoms with Crippen LogP contribution in [0.1, 0.15) is 44.8 Å². The fraction of sp³-hybridized carbons (Fsp3) is 0.308. The van der Waals surface area contributed by atoms with Crippen LogP contribution in [0.3, 0.4) is 0 Å². The molecule has 1 saturated heterocycles. The number of benzene rings is 2. The Bertz CT molecular complexity index is 1630. The van der Waals surface area contributed by atoms with Crippen molar-refractivity contribution in [2.45, 2.75) is 30.7 Å². The van der Waals surface area contributed by atoms with E-state index in [0.29, 0.717) is 48.9 Å². The number of nitrogens with one attached hydrogen (secondary N) is 2.